The number of hydrogen-bond donors (Lipinski definition) is 2. The van der Waals surface area contributed by atoms with E-state index in [1.54, 1.807) is 0 Å². The van der Waals surface area contributed by atoms with Gasteiger partial charge in [0.05, 0.1) is 24.2 Å². The fraction of sp³-hybridized carbons (Fsp3) is 0.167. The predicted octanol–water partition coefficient (Wildman–Crippen LogP) is 3.32. The summed E-state index contributed by atoms with van der Waals surface area (Å²) in [7, 11) is 0. The number of phenols is 2. The van der Waals surface area contributed by atoms with E-state index in [0.29, 0.717) is 24.2 Å². The topological polar surface area (TPSA) is 118 Å². The molecule has 0 heterocycles. The van der Waals surface area contributed by atoms with Gasteiger partial charge in [-0.1, -0.05) is 25.3 Å². The lowest BCUT2D eigenvalue weighted by Crippen LogP contribution is -2.05. The number of ether oxygens (including phenoxy) is 2. The van der Waals surface area contributed by atoms with Crippen LogP contribution in [0.2, 0.25) is 0 Å². The Morgan fingerprint density at radius 3 is 1.56 bits per heavy atom. The van der Waals surface area contributed by atoms with Gasteiger partial charge in [0.2, 0.25) is 0 Å². The molecule has 2 aromatic rings. The number of rotatable bonds is 11. The summed E-state index contributed by atoms with van der Waals surface area (Å²) in [5.74, 6) is -1.11. The number of carbonyl (C=O) groups is 2. The van der Waals surface area contributed by atoms with Gasteiger partial charge in [-0.05, 0) is 36.4 Å². The van der Waals surface area contributed by atoms with Gasteiger partial charge in [-0.15, -0.1) is 0 Å². The van der Waals surface area contributed by atoms with Crippen molar-refractivity contribution < 1.29 is 29.3 Å². The lowest BCUT2D eigenvalue weighted by atomic mass is 10.1. The number of nitrogens with zero attached hydrogens (tertiary/aromatic N) is 2. The molecule has 8 heteroatoms. The number of carbonyl (C=O) groups excluding carboxylic acids is 2. The average molecular weight is 436 g/mol. The summed E-state index contributed by atoms with van der Waals surface area (Å²) in [5, 5.41) is 19.9. The molecule has 0 atom stereocenters. The van der Waals surface area contributed by atoms with Crippen LogP contribution in [0.15, 0.2) is 71.7 Å². The minimum absolute atomic E-state index is 0.0254. The first-order chi connectivity index (χ1) is 15.5. The summed E-state index contributed by atoms with van der Waals surface area (Å²) < 4.78 is 9.94. The minimum Gasteiger partial charge on any atom is -0.507 e. The number of esters is 2. The van der Waals surface area contributed by atoms with Crippen LogP contribution in [-0.4, -0.2) is 60.9 Å². The molecule has 0 aliphatic rings. The highest BCUT2D eigenvalue weighted by molar-refractivity contribution is 5.94. The zero-order chi connectivity index (χ0) is 23.3. The Kier molecular flexibility index (Phi) is 9.39. The van der Waals surface area contributed by atoms with Gasteiger partial charge >= 0.3 is 11.9 Å². The molecule has 166 valence electrons. The van der Waals surface area contributed by atoms with E-state index in [-0.39, 0.29) is 35.8 Å². The SMILES string of the molecule is C=CCOC(=O)c1ccc(O)c(C=NCCN=Cc2cc(C(=O)OCC=C)ccc2O)c1. The minimum atomic E-state index is -0.528. The van der Waals surface area contributed by atoms with E-state index in [0.717, 1.165) is 0 Å². The number of hydrogen-bond acceptors (Lipinski definition) is 8. The molecule has 0 spiro atoms. The van der Waals surface area contributed by atoms with Crippen molar-refractivity contribution in [1.29, 1.82) is 0 Å². The van der Waals surface area contributed by atoms with Crippen LogP contribution in [0.3, 0.4) is 0 Å². The molecule has 2 N–H and O–H groups in total. The van der Waals surface area contributed by atoms with Crippen LogP contribution in [0.5, 0.6) is 11.5 Å². The monoisotopic (exact) mass is 436 g/mol. The second-order valence-corrected chi connectivity index (χ2v) is 6.39. The van der Waals surface area contributed by atoms with E-state index in [1.807, 2.05) is 0 Å². The number of aliphatic imine (C=N–C) groups is 2. The van der Waals surface area contributed by atoms with Crippen molar-refractivity contribution in [2.45, 2.75) is 0 Å². The molecule has 0 aliphatic heterocycles. The van der Waals surface area contributed by atoms with Crippen molar-refractivity contribution in [3.05, 3.63) is 84.0 Å². The van der Waals surface area contributed by atoms with Crippen molar-refractivity contribution >= 4 is 24.4 Å². The number of phenolic OH excluding ortho intramolecular Hbond substituents is 2. The number of benzene rings is 2. The molecule has 0 unspecified atom stereocenters. The lowest BCUT2D eigenvalue weighted by molar-refractivity contribution is 0.0540. The fourth-order valence-electron chi connectivity index (χ4n) is 2.45. The lowest BCUT2D eigenvalue weighted by Gasteiger charge is -2.05. The third-order valence-electron chi connectivity index (χ3n) is 4.01. The predicted molar refractivity (Wildman–Crippen MR) is 122 cm³/mol. The molecule has 2 aromatic carbocycles. The Labute approximate surface area is 185 Å². The first-order valence-corrected chi connectivity index (χ1v) is 9.68. The Morgan fingerprint density at radius 2 is 1.19 bits per heavy atom. The molecular weight excluding hydrogens is 412 g/mol. The summed E-state index contributed by atoms with van der Waals surface area (Å²) in [6.45, 7) is 7.74. The summed E-state index contributed by atoms with van der Waals surface area (Å²) >= 11 is 0. The largest absolute Gasteiger partial charge is 0.507 e. The van der Waals surface area contributed by atoms with Crippen LogP contribution in [0.25, 0.3) is 0 Å². The van der Waals surface area contributed by atoms with Crippen LogP contribution in [0.1, 0.15) is 31.8 Å². The molecule has 2 rings (SSSR count). The summed E-state index contributed by atoms with van der Waals surface area (Å²) in [6.07, 6.45) is 5.79. The highest BCUT2D eigenvalue weighted by Gasteiger charge is 2.10. The van der Waals surface area contributed by atoms with Crippen molar-refractivity contribution in [3.8, 4) is 11.5 Å². The second kappa shape index (κ2) is 12.5. The smallest absolute Gasteiger partial charge is 0.338 e. The maximum absolute atomic E-state index is 11.9. The Bertz CT molecular complexity index is 959. The highest BCUT2D eigenvalue weighted by atomic mass is 16.5. The van der Waals surface area contributed by atoms with E-state index in [2.05, 4.69) is 23.1 Å². The Balaban J connectivity index is 1.96. The molecule has 0 amide bonds. The zero-order valence-electron chi connectivity index (χ0n) is 17.4. The van der Waals surface area contributed by atoms with Crippen molar-refractivity contribution in [2.24, 2.45) is 9.98 Å². The Morgan fingerprint density at radius 1 is 0.781 bits per heavy atom. The van der Waals surface area contributed by atoms with Gasteiger partial charge in [0.15, 0.2) is 0 Å². The van der Waals surface area contributed by atoms with Crippen LogP contribution in [0.4, 0.5) is 0 Å². The standard InChI is InChI=1S/C24H24N2O6/c1-3-11-31-23(29)17-5-7-21(27)19(13-17)15-25-9-10-26-16-20-14-18(6-8-22(20)28)24(30)32-12-4-2/h3-8,13-16,27-28H,1-2,9-12H2. The van der Waals surface area contributed by atoms with E-state index >= 15 is 0 Å². The van der Waals surface area contributed by atoms with Crippen LogP contribution >= 0.6 is 0 Å². The molecule has 0 radical (unpaired) electrons. The third-order valence-corrected chi connectivity index (χ3v) is 4.01. The van der Waals surface area contributed by atoms with E-state index in [4.69, 9.17) is 9.47 Å². The first kappa shape index (κ1) is 24.1. The summed E-state index contributed by atoms with van der Waals surface area (Å²) in [4.78, 5) is 32.2. The molecular formula is C24H24N2O6. The molecule has 0 saturated heterocycles. The third kappa shape index (κ3) is 7.24. The molecule has 0 saturated carbocycles. The van der Waals surface area contributed by atoms with Crippen molar-refractivity contribution in [1.82, 2.24) is 0 Å². The van der Waals surface area contributed by atoms with E-state index in [1.165, 1.54) is 61.0 Å². The fourth-order valence-corrected chi connectivity index (χ4v) is 2.45. The number of aromatic hydroxyl groups is 2. The molecule has 0 fully saturated rings. The normalized spacial score (nSPS) is 10.9. The Hall–Kier alpha value is -4.20. The summed E-state index contributed by atoms with van der Waals surface area (Å²) in [5.41, 5.74) is 1.30. The van der Waals surface area contributed by atoms with Gasteiger partial charge < -0.3 is 19.7 Å². The average Bonchev–Trinajstić information content (AvgIpc) is 2.80. The van der Waals surface area contributed by atoms with Gasteiger partial charge in [0.25, 0.3) is 0 Å². The molecule has 32 heavy (non-hydrogen) atoms. The van der Waals surface area contributed by atoms with Crippen molar-refractivity contribution in [3.63, 3.8) is 0 Å². The second-order valence-electron chi connectivity index (χ2n) is 6.39. The van der Waals surface area contributed by atoms with Crippen LogP contribution in [0, 0.1) is 0 Å². The first-order valence-electron chi connectivity index (χ1n) is 9.68. The van der Waals surface area contributed by atoms with E-state index in [9.17, 15) is 19.8 Å². The van der Waals surface area contributed by atoms with Gasteiger partial charge in [-0.3, -0.25) is 9.98 Å². The highest BCUT2D eigenvalue weighted by Crippen LogP contribution is 2.18. The molecule has 0 bridgehead atoms. The maximum atomic E-state index is 11.9. The summed E-state index contributed by atoms with van der Waals surface area (Å²) in [6, 6.07) is 8.64. The van der Waals surface area contributed by atoms with Gasteiger partial charge in [-0.25, -0.2) is 9.59 Å². The zero-order valence-corrected chi connectivity index (χ0v) is 17.4. The van der Waals surface area contributed by atoms with E-state index < -0.39 is 11.9 Å². The molecule has 8 nitrogen and oxygen atoms in total. The van der Waals surface area contributed by atoms with Crippen LogP contribution < -0.4 is 0 Å². The van der Waals surface area contributed by atoms with Crippen LogP contribution in [-0.2, 0) is 9.47 Å². The van der Waals surface area contributed by atoms with Gasteiger partial charge in [0, 0.05) is 23.6 Å². The molecule has 0 aromatic heterocycles. The van der Waals surface area contributed by atoms with Gasteiger partial charge in [0.1, 0.15) is 24.7 Å². The maximum Gasteiger partial charge on any atom is 0.338 e. The molecule has 0 aliphatic carbocycles. The van der Waals surface area contributed by atoms with Gasteiger partial charge in [-0.2, -0.15) is 0 Å². The van der Waals surface area contributed by atoms with Crippen molar-refractivity contribution in [2.75, 3.05) is 26.3 Å². The quantitative estimate of drug-likeness (QED) is 0.241.